The molecular formula is C16H25NO. The maximum atomic E-state index is 10.3. The second-order valence-corrected chi connectivity index (χ2v) is 7.26. The van der Waals surface area contributed by atoms with Crippen LogP contribution in [0.3, 0.4) is 0 Å². The van der Waals surface area contributed by atoms with Crippen LogP contribution in [0.2, 0.25) is 0 Å². The summed E-state index contributed by atoms with van der Waals surface area (Å²) in [6, 6.07) is 2.82. The Bertz CT molecular complexity index is 446. The Hall–Kier alpha value is -0.760. The number of hydrogen-bond acceptors (Lipinski definition) is 1. The van der Waals surface area contributed by atoms with E-state index < -0.39 is 0 Å². The standard InChI is InChI=1S/C16H25NO/c1-11-4-5-12(8-11)17-7-6-13-14(17)9-16(2,3)10-15(13)18/h6-7,11-12,15,18H,4-5,8-10H2,1-3H3. The molecule has 1 aromatic heterocycles. The van der Waals surface area contributed by atoms with Crippen LogP contribution in [0.5, 0.6) is 0 Å². The van der Waals surface area contributed by atoms with Crippen molar-refractivity contribution in [2.45, 2.75) is 65.0 Å². The summed E-state index contributed by atoms with van der Waals surface area (Å²) in [5.41, 5.74) is 2.82. The number of rotatable bonds is 1. The summed E-state index contributed by atoms with van der Waals surface area (Å²) < 4.78 is 2.48. The third-order valence-corrected chi connectivity index (χ3v) is 4.87. The summed E-state index contributed by atoms with van der Waals surface area (Å²) in [4.78, 5) is 0. The van der Waals surface area contributed by atoms with E-state index in [1.807, 2.05) is 0 Å². The normalized spacial score (nSPS) is 34.6. The van der Waals surface area contributed by atoms with Crippen molar-refractivity contribution in [3.8, 4) is 0 Å². The summed E-state index contributed by atoms with van der Waals surface area (Å²) in [6.45, 7) is 6.90. The first-order valence-electron chi connectivity index (χ1n) is 7.34. The molecule has 0 radical (unpaired) electrons. The smallest absolute Gasteiger partial charge is 0.0812 e. The lowest BCUT2D eigenvalue weighted by Gasteiger charge is -2.34. The first kappa shape index (κ1) is 12.3. The Labute approximate surface area is 110 Å². The van der Waals surface area contributed by atoms with E-state index in [0.29, 0.717) is 6.04 Å². The largest absolute Gasteiger partial charge is 0.388 e. The van der Waals surface area contributed by atoms with Gasteiger partial charge in [0.15, 0.2) is 0 Å². The summed E-state index contributed by atoms with van der Waals surface area (Å²) in [7, 11) is 0. The van der Waals surface area contributed by atoms with Gasteiger partial charge in [-0.2, -0.15) is 0 Å². The van der Waals surface area contributed by atoms with Crippen LogP contribution in [-0.2, 0) is 6.42 Å². The van der Waals surface area contributed by atoms with Crippen LogP contribution in [0.25, 0.3) is 0 Å². The molecule has 1 fully saturated rings. The van der Waals surface area contributed by atoms with Crippen LogP contribution in [-0.4, -0.2) is 9.67 Å². The minimum atomic E-state index is -0.260. The predicted octanol–water partition coefficient (Wildman–Crippen LogP) is 3.86. The lowest BCUT2D eigenvalue weighted by molar-refractivity contribution is 0.0974. The van der Waals surface area contributed by atoms with E-state index >= 15 is 0 Å². The molecule has 2 nitrogen and oxygen atoms in total. The molecule has 0 aliphatic heterocycles. The van der Waals surface area contributed by atoms with Crippen LogP contribution in [0.1, 0.15) is 69.9 Å². The highest BCUT2D eigenvalue weighted by molar-refractivity contribution is 5.30. The minimum Gasteiger partial charge on any atom is -0.388 e. The fraction of sp³-hybridized carbons (Fsp3) is 0.750. The van der Waals surface area contributed by atoms with Gasteiger partial charge in [0.05, 0.1) is 6.10 Å². The zero-order valence-electron chi connectivity index (χ0n) is 11.8. The Kier molecular flexibility index (Phi) is 2.81. The molecule has 2 heteroatoms. The maximum absolute atomic E-state index is 10.3. The lowest BCUT2D eigenvalue weighted by Crippen LogP contribution is -2.27. The molecule has 100 valence electrons. The predicted molar refractivity (Wildman–Crippen MR) is 73.5 cm³/mol. The van der Waals surface area contributed by atoms with E-state index in [0.717, 1.165) is 18.8 Å². The van der Waals surface area contributed by atoms with Gasteiger partial charge in [-0.15, -0.1) is 0 Å². The molecule has 0 bridgehead atoms. The van der Waals surface area contributed by atoms with Gasteiger partial charge < -0.3 is 9.67 Å². The zero-order chi connectivity index (χ0) is 12.9. The van der Waals surface area contributed by atoms with Crippen LogP contribution < -0.4 is 0 Å². The van der Waals surface area contributed by atoms with E-state index in [4.69, 9.17) is 0 Å². The fourth-order valence-electron chi connectivity index (χ4n) is 3.92. The van der Waals surface area contributed by atoms with Gasteiger partial charge in [0.25, 0.3) is 0 Å². The Morgan fingerprint density at radius 2 is 2.11 bits per heavy atom. The van der Waals surface area contributed by atoms with Crippen LogP contribution >= 0.6 is 0 Å². The van der Waals surface area contributed by atoms with Gasteiger partial charge in [-0.05, 0) is 49.5 Å². The van der Waals surface area contributed by atoms with Crippen molar-refractivity contribution in [3.05, 3.63) is 23.5 Å². The first-order chi connectivity index (χ1) is 8.46. The third kappa shape index (κ3) is 2.01. The Morgan fingerprint density at radius 1 is 1.33 bits per heavy atom. The molecular weight excluding hydrogens is 222 g/mol. The van der Waals surface area contributed by atoms with E-state index in [2.05, 4.69) is 37.6 Å². The summed E-state index contributed by atoms with van der Waals surface area (Å²) in [5.74, 6) is 0.856. The van der Waals surface area contributed by atoms with Crippen LogP contribution in [0.4, 0.5) is 0 Å². The topological polar surface area (TPSA) is 25.2 Å². The molecule has 3 unspecified atom stereocenters. The number of aromatic nitrogens is 1. The van der Waals surface area contributed by atoms with Gasteiger partial charge in [-0.3, -0.25) is 0 Å². The van der Waals surface area contributed by atoms with E-state index in [9.17, 15) is 5.11 Å². The first-order valence-corrected chi connectivity index (χ1v) is 7.34. The van der Waals surface area contributed by atoms with Crippen molar-refractivity contribution in [2.75, 3.05) is 0 Å². The van der Waals surface area contributed by atoms with Crippen molar-refractivity contribution >= 4 is 0 Å². The van der Waals surface area contributed by atoms with Crippen molar-refractivity contribution < 1.29 is 5.11 Å². The molecule has 2 aliphatic carbocycles. The van der Waals surface area contributed by atoms with Crippen molar-refractivity contribution in [1.82, 2.24) is 4.57 Å². The van der Waals surface area contributed by atoms with Gasteiger partial charge >= 0.3 is 0 Å². The summed E-state index contributed by atoms with van der Waals surface area (Å²) in [6.07, 6.45) is 7.92. The lowest BCUT2D eigenvalue weighted by atomic mass is 9.75. The maximum Gasteiger partial charge on any atom is 0.0812 e. The number of nitrogens with zero attached hydrogens (tertiary/aromatic N) is 1. The van der Waals surface area contributed by atoms with Gasteiger partial charge in [0, 0.05) is 23.5 Å². The number of aliphatic hydroxyl groups excluding tert-OH is 1. The highest BCUT2D eigenvalue weighted by Crippen LogP contribution is 2.44. The number of hydrogen-bond donors (Lipinski definition) is 1. The van der Waals surface area contributed by atoms with Crippen LogP contribution in [0.15, 0.2) is 12.3 Å². The average molecular weight is 247 g/mol. The number of aliphatic hydroxyl groups is 1. The highest BCUT2D eigenvalue weighted by Gasteiger charge is 2.35. The highest BCUT2D eigenvalue weighted by atomic mass is 16.3. The molecule has 2 aliphatic rings. The molecule has 0 amide bonds. The quantitative estimate of drug-likeness (QED) is 0.801. The molecule has 1 saturated carbocycles. The molecule has 0 saturated heterocycles. The molecule has 1 N–H and O–H groups in total. The second-order valence-electron chi connectivity index (χ2n) is 7.26. The summed E-state index contributed by atoms with van der Waals surface area (Å²) >= 11 is 0. The van der Waals surface area contributed by atoms with Crippen molar-refractivity contribution in [2.24, 2.45) is 11.3 Å². The minimum absolute atomic E-state index is 0.229. The second kappa shape index (κ2) is 4.12. The Morgan fingerprint density at radius 3 is 2.78 bits per heavy atom. The van der Waals surface area contributed by atoms with Gasteiger partial charge in [-0.25, -0.2) is 0 Å². The number of fused-ring (bicyclic) bond motifs is 1. The Balaban J connectivity index is 1.94. The zero-order valence-corrected chi connectivity index (χ0v) is 11.8. The van der Waals surface area contributed by atoms with E-state index in [1.165, 1.54) is 30.5 Å². The molecule has 1 heterocycles. The molecule has 1 aromatic rings. The molecule has 3 atom stereocenters. The van der Waals surface area contributed by atoms with Gasteiger partial charge in [-0.1, -0.05) is 20.8 Å². The van der Waals surface area contributed by atoms with Crippen LogP contribution in [0, 0.1) is 11.3 Å². The van der Waals surface area contributed by atoms with E-state index in [1.54, 1.807) is 0 Å². The molecule has 0 spiro atoms. The monoisotopic (exact) mass is 247 g/mol. The van der Waals surface area contributed by atoms with Crippen molar-refractivity contribution in [1.29, 1.82) is 0 Å². The fourth-order valence-corrected chi connectivity index (χ4v) is 3.92. The third-order valence-electron chi connectivity index (χ3n) is 4.87. The SMILES string of the molecule is CC1CCC(n2ccc3c2CC(C)(C)CC3O)C1. The van der Waals surface area contributed by atoms with Gasteiger partial charge in [0.2, 0.25) is 0 Å². The average Bonchev–Trinajstić information content (AvgIpc) is 2.82. The summed E-state index contributed by atoms with van der Waals surface area (Å²) in [5, 5.41) is 10.3. The van der Waals surface area contributed by atoms with Gasteiger partial charge in [0.1, 0.15) is 0 Å². The molecule has 18 heavy (non-hydrogen) atoms. The molecule has 3 rings (SSSR count). The van der Waals surface area contributed by atoms with E-state index in [-0.39, 0.29) is 11.5 Å². The van der Waals surface area contributed by atoms with Crippen molar-refractivity contribution in [3.63, 3.8) is 0 Å². The molecule has 0 aromatic carbocycles.